The summed E-state index contributed by atoms with van der Waals surface area (Å²) in [7, 11) is 0. The molecule has 2 N–H and O–H groups in total. The molecule has 0 amide bonds. The third kappa shape index (κ3) is 1.80. The Morgan fingerprint density at radius 2 is 2.00 bits per heavy atom. The highest BCUT2D eigenvalue weighted by Gasteiger charge is 2.16. The number of nitrogen functional groups attached to an aromatic ring is 1. The molecule has 0 saturated heterocycles. The third-order valence-electron chi connectivity index (χ3n) is 2.20. The molecule has 2 nitrogen and oxygen atoms in total. The standard InChI is InChI=1S/C10H10Cl2N2S/c1-4(2)7-5(11)3-6(12)9-8(7)14-10(13)15-9/h3-4H,1-2H3,(H2,13,14). The van der Waals surface area contributed by atoms with Crippen LogP contribution in [0.15, 0.2) is 6.07 Å². The molecule has 0 aliphatic heterocycles. The average molecular weight is 261 g/mol. The van der Waals surface area contributed by atoms with E-state index in [1.807, 2.05) is 0 Å². The van der Waals surface area contributed by atoms with Gasteiger partial charge in [-0.3, -0.25) is 0 Å². The number of nitrogens with two attached hydrogens (primary N) is 1. The SMILES string of the molecule is CC(C)c1c(Cl)cc(Cl)c2sc(N)nc12. The van der Waals surface area contributed by atoms with E-state index in [1.54, 1.807) is 6.07 Å². The molecule has 0 fully saturated rings. The van der Waals surface area contributed by atoms with Crippen LogP contribution >= 0.6 is 34.5 Å². The zero-order chi connectivity index (χ0) is 11.2. The van der Waals surface area contributed by atoms with Crippen molar-refractivity contribution in [2.24, 2.45) is 0 Å². The van der Waals surface area contributed by atoms with Crippen LogP contribution in [0.1, 0.15) is 25.3 Å². The highest BCUT2D eigenvalue weighted by Crippen LogP contribution is 2.39. The van der Waals surface area contributed by atoms with Crippen LogP contribution < -0.4 is 5.73 Å². The Bertz CT molecular complexity index is 520. The molecule has 5 heteroatoms. The molecule has 1 aromatic carbocycles. The van der Waals surface area contributed by atoms with E-state index in [9.17, 15) is 0 Å². The molecule has 2 aromatic rings. The third-order valence-corrected chi connectivity index (χ3v) is 3.84. The molecular formula is C10H10Cl2N2S. The lowest BCUT2D eigenvalue weighted by molar-refractivity contribution is 0.874. The molecule has 15 heavy (non-hydrogen) atoms. The van der Waals surface area contributed by atoms with Crippen LogP contribution in [-0.4, -0.2) is 4.98 Å². The van der Waals surface area contributed by atoms with Crippen molar-refractivity contribution in [1.82, 2.24) is 4.98 Å². The van der Waals surface area contributed by atoms with Crippen molar-refractivity contribution in [3.63, 3.8) is 0 Å². The van der Waals surface area contributed by atoms with E-state index in [1.165, 1.54) is 11.3 Å². The molecule has 0 radical (unpaired) electrons. The number of rotatable bonds is 1. The number of thiazole rings is 1. The predicted molar refractivity (Wildman–Crippen MR) is 68.1 cm³/mol. The van der Waals surface area contributed by atoms with Crippen LogP contribution in [0.5, 0.6) is 0 Å². The van der Waals surface area contributed by atoms with Gasteiger partial charge in [-0.15, -0.1) is 0 Å². The summed E-state index contributed by atoms with van der Waals surface area (Å²) in [6, 6.07) is 1.76. The molecule has 1 aromatic heterocycles. The quantitative estimate of drug-likeness (QED) is 0.830. The fourth-order valence-electron chi connectivity index (χ4n) is 1.60. The molecule has 0 spiro atoms. The van der Waals surface area contributed by atoms with Gasteiger partial charge in [0, 0.05) is 10.6 Å². The summed E-state index contributed by atoms with van der Waals surface area (Å²) in [4.78, 5) is 4.28. The van der Waals surface area contributed by atoms with Gasteiger partial charge in [0.25, 0.3) is 0 Å². The molecule has 0 atom stereocenters. The van der Waals surface area contributed by atoms with Crippen LogP contribution in [0.2, 0.25) is 10.0 Å². The van der Waals surface area contributed by atoms with Gasteiger partial charge in [0.2, 0.25) is 0 Å². The van der Waals surface area contributed by atoms with Crippen molar-refractivity contribution in [3.8, 4) is 0 Å². The Hall–Kier alpha value is -0.510. The van der Waals surface area contributed by atoms with E-state index in [-0.39, 0.29) is 0 Å². The number of halogens is 2. The van der Waals surface area contributed by atoms with E-state index in [2.05, 4.69) is 18.8 Å². The summed E-state index contributed by atoms with van der Waals surface area (Å²) < 4.78 is 0.919. The zero-order valence-electron chi connectivity index (χ0n) is 8.34. The van der Waals surface area contributed by atoms with Crippen LogP contribution in [0.25, 0.3) is 10.2 Å². The minimum Gasteiger partial charge on any atom is -0.375 e. The van der Waals surface area contributed by atoms with Gasteiger partial charge in [-0.05, 0) is 12.0 Å². The van der Waals surface area contributed by atoms with Crippen LogP contribution in [0, 0.1) is 0 Å². The monoisotopic (exact) mass is 260 g/mol. The number of hydrogen-bond acceptors (Lipinski definition) is 3. The zero-order valence-corrected chi connectivity index (χ0v) is 10.7. The molecular weight excluding hydrogens is 251 g/mol. The second-order valence-electron chi connectivity index (χ2n) is 3.64. The van der Waals surface area contributed by atoms with E-state index in [0.717, 1.165) is 15.8 Å². The summed E-state index contributed by atoms with van der Waals surface area (Å²) >= 11 is 13.6. The second kappa shape index (κ2) is 3.81. The first-order valence-electron chi connectivity index (χ1n) is 4.54. The van der Waals surface area contributed by atoms with E-state index >= 15 is 0 Å². The van der Waals surface area contributed by atoms with Gasteiger partial charge in [-0.25, -0.2) is 4.98 Å². The molecule has 0 saturated carbocycles. The van der Waals surface area contributed by atoms with E-state index in [0.29, 0.717) is 21.1 Å². The first kappa shape index (κ1) is 11.0. The Labute approximate surface area is 102 Å². The van der Waals surface area contributed by atoms with Gasteiger partial charge in [0.1, 0.15) is 0 Å². The Morgan fingerprint density at radius 3 is 2.60 bits per heavy atom. The molecule has 0 unspecified atom stereocenters. The maximum absolute atomic E-state index is 6.15. The average Bonchev–Trinajstić information content (AvgIpc) is 2.45. The number of fused-ring (bicyclic) bond motifs is 1. The van der Waals surface area contributed by atoms with Gasteiger partial charge in [0.15, 0.2) is 5.13 Å². The number of benzene rings is 1. The lowest BCUT2D eigenvalue weighted by Crippen LogP contribution is -1.92. The normalized spacial score (nSPS) is 11.5. The molecule has 80 valence electrons. The van der Waals surface area contributed by atoms with Gasteiger partial charge in [-0.1, -0.05) is 48.4 Å². The number of anilines is 1. The number of nitrogens with zero attached hydrogens (tertiary/aromatic N) is 1. The first-order valence-corrected chi connectivity index (χ1v) is 6.12. The Balaban J connectivity index is 2.89. The molecule has 1 heterocycles. The summed E-state index contributed by atoms with van der Waals surface area (Å²) in [5.41, 5.74) is 7.54. The van der Waals surface area contributed by atoms with Crippen molar-refractivity contribution >= 4 is 49.9 Å². The molecule has 0 aliphatic carbocycles. The predicted octanol–water partition coefficient (Wildman–Crippen LogP) is 4.31. The smallest absolute Gasteiger partial charge is 0.181 e. The van der Waals surface area contributed by atoms with Crippen LogP contribution in [0.3, 0.4) is 0 Å². The van der Waals surface area contributed by atoms with Gasteiger partial charge < -0.3 is 5.73 Å². The highest BCUT2D eigenvalue weighted by atomic mass is 35.5. The van der Waals surface area contributed by atoms with Crippen LogP contribution in [0.4, 0.5) is 5.13 Å². The van der Waals surface area contributed by atoms with E-state index < -0.39 is 0 Å². The molecule has 0 bridgehead atoms. The minimum atomic E-state index is 0.304. The van der Waals surface area contributed by atoms with Gasteiger partial charge >= 0.3 is 0 Å². The molecule has 0 aliphatic rings. The highest BCUT2D eigenvalue weighted by molar-refractivity contribution is 7.22. The maximum Gasteiger partial charge on any atom is 0.181 e. The summed E-state index contributed by atoms with van der Waals surface area (Å²) in [5, 5.41) is 1.80. The van der Waals surface area contributed by atoms with Gasteiger partial charge in [-0.2, -0.15) is 0 Å². The Kier molecular flexibility index (Phi) is 2.79. The van der Waals surface area contributed by atoms with Gasteiger partial charge in [0.05, 0.1) is 15.2 Å². The maximum atomic E-state index is 6.15. The summed E-state index contributed by atoms with van der Waals surface area (Å²) in [5.74, 6) is 0.304. The van der Waals surface area contributed by atoms with Crippen molar-refractivity contribution in [1.29, 1.82) is 0 Å². The fraction of sp³-hybridized carbons (Fsp3) is 0.300. The lowest BCUT2D eigenvalue weighted by atomic mass is 10.0. The van der Waals surface area contributed by atoms with Crippen molar-refractivity contribution in [3.05, 3.63) is 21.7 Å². The second-order valence-corrected chi connectivity index (χ2v) is 5.48. The van der Waals surface area contributed by atoms with Crippen molar-refractivity contribution in [2.45, 2.75) is 19.8 Å². The van der Waals surface area contributed by atoms with Crippen molar-refractivity contribution in [2.75, 3.05) is 5.73 Å². The van der Waals surface area contributed by atoms with Crippen molar-refractivity contribution < 1.29 is 0 Å². The minimum absolute atomic E-state index is 0.304. The lowest BCUT2D eigenvalue weighted by Gasteiger charge is -2.09. The Morgan fingerprint density at radius 1 is 1.33 bits per heavy atom. The number of aromatic nitrogens is 1. The molecule has 2 rings (SSSR count). The fourth-order valence-corrected chi connectivity index (χ4v) is 3.14. The summed E-state index contributed by atoms with van der Waals surface area (Å²) in [6.45, 7) is 4.15. The summed E-state index contributed by atoms with van der Waals surface area (Å²) in [6.07, 6.45) is 0. The van der Waals surface area contributed by atoms with Crippen LogP contribution in [-0.2, 0) is 0 Å². The topological polar surface area (TPSA) is 38.9 Å². The van der Waals surface area contributed by atoms with E-state index in [4.69, 9.17) is 28.9 Å². The first-order chi connectivity index (χ1) is 7.00. The largest absolute Gasteiger partial charge is 0.375 e. The number of hydrogen-bond donors (Lipinski definition) is 1.